The van der Waals surface area contributed by atoms with Gasteiger partial charge in [-0.05, 0) is 6.92 Å². The summed E-state index contributed by atoms with van der Waals surface area (Å²) in [5.74, 6) is -2.39. The maximum absolute atomic E-state index is 12.5. The Hall–Kier alpha value is -0.930. The number of carbonyl (C=O) groups is 2. The van der Waals surface area contributed by atoms with Gasteiger partial charge in [-0.2, -0.15) is 26.3 Å². The van der Waals surface area contributed by atoms with Crippen molar-refractivity contribution in [3.63, 3.8) is 0 Å². The third-order valence-corrected chi connectivity index (χ3v) is 3.56. The molecule has 1 fully saturated rings. The third kappa shape index (κ3) is 2.43. The second-order valence-electron chi connectivity index (χ2n) is 3.55. The van der Waals surface area contributed by atoms with E-state index in [-0.39, 0.29) is 0 Å². The van der Waals surface area contributed by atoms with Crippen molar-refractivity contribution in [2.24, 2.45) is 0 Å². The number of rotatable bonds is 2. The summed E-state index contributed by atoms with van der Waals surface area (Å²) in [6.45, 7) is 0.953. The van der Waals surface area contributed by atoms with Crippen LogP contribution >= 0.6 is 11.8 Å². The molecule has 0 saturated carbocycles. The van der Waals surface area contributed by atoms with Crippen LogP contribution in [0.5, 0.6) is 0 Å². The first-order valence-corrected chi connectivity index (χ1v) is 5.32. The van der Waals surface area contributed by atoms with Crippen LogP contribution in [0.3, 0.4) is 0 Å². The Morgan fingerprint density at radius 2 is 1.72 bits per heavy atom. The van der Waals surface area contributed by atoms with Gasteiger partial charge in [0.1, 0.15) is 11.0 Å². The number of thioether (sulfide) groups is 1. The molecule has 1 unspecified atom stereocenters. The zero-order chi connectivity index (χ0) is 14.4. The molecule has 0 aromatic rings. The lowest BCUT2D eigenvalue weighted by Crippen LogP contribution is -2.54. The summed E-state index contributed by atoms with van der Waals surface area (Å²) in [5.41, 5.74) is 0. The molecule has 1 aliphatic rings. The van der Waals surface area contributed by atoms with Gasteiger partial charge in [-0.25, -0.2) is 0 Å². The second-order valence-corrected chi connectivity index (χ2v) is 4.93. The van der Waals surface area contributed by atoms with E-state index < -0.39 is 52.5 Å². The molecule has 0 spiro atoms. The van der Waals surface area contributed by atoms with Crippen molar-refractivity contribution < 1.29 is 40.7 Å². The van der Waals surface area contributed by atoms with Crippen molar-refractivity contribution in [1.29, 1.82) is 0 Å². The maximum atomic E-state index is 12.5. The number of halogens is 6. The molecule has 0 amide bonds. The number of esters is 1. The van der Waals surface area contributed by atoms with E-state index >= 15 is 0 Å². The molecule has 0 bridgehead atoms. The van der Waals surface area contributed by atoms with Gasteiger partial charge in [-0.15, -0.1) is 0 Å². The fourth-order valence-electron chi connectivity index (χ4n) is 1.28. The predicted molar refractivity (Wildman–Crippen MR) is 47.6 cm³/mol. The minimum Gasteiger partial charge on any atom is -0.428 e. The molecular formula is C8H6F6O3S. The summed E-state index contributed by atoms with van der Waals surface area (Å²) in [7, 11) is 0. The minimum atomic E-state index is -5.81. The van der Waals surface area contributed by atoms with Crippen LogP contribution in [0.15, 0.2) is 0 Å². The summed E-state index contributed by atoms with van der Waals surface area (Å²) in [4.78, 5) is 17.1. The Morgan fingerprint density at radius 1 is 1.28 bits per heavy atom. The number of Topliss-reactive ketones (excluding diaryl/α,β-unsaturated/α-hetero) is 1. The lowest BCUT2D eigenvalue weighted by atomic mass is 10.2. The Morgan fingerprint density at radius 3 is 2.00 bits per heavy atom. The van der Waals surface area contributed by atoms with Gasteiger partial charge in [0.25, 0.3) is 0 Å². The largest absolute Gasteiger partial charge is 0.448 e. The summed E-state index contributed by atoms with van der Waals surface area (Å²) in [6.07, 6.45) is -12.4. The first-order valence-electron chi connectivity index (χ1n) is 4.44. The maximum Gasteiger partial charge on any atom is 0.448 e. The molecule has 1 rings (SSSR count). The monoisotopic (exact) mass is 296 g/mol. The van der Waals surface area contributed by atoms with E-state index in [2.05, 4.69) is 4.74 Å². The summed E-state index contributed by atoms with van der Waals surface area (Å²) < 4.78 is 78.5. The number of hydrogen-bond donors (Lipinski definition) is 0. The van der Waals surface area contributed by atoms with E-state index in [1.807, 2.05) is 0 Å². The van der Waals surface area contributed by atoms with Gasteiger partial charge < -0.3 is 4.74 Å². The minimum absolute atomic E-state index is 0.704. The quantitative estimate of drug-likeness (QED) is 0.580. The van der Waals surface area contributed by atoms with Crippen LogP contribution in [0.25, 0.3) is 0 Å². The molecule has 0 radical (unpaired) electrons. The fourth-order valence-corrected chi connectivity index (χ4v) is 2.54. The molecule has 1 heterocycles. The van der Waals surface area contributed by atoms with Crippen LogP contribution in [-0.2, 0) is 14.3 Å². The number of carbonyl (C=O) groups excluding carboxylic acids is 2. The Kier molecular flexibility index (Phi) is 3.63. The second kappa shape index (κ2) is 4.32. The number of cyclic esters (lactones) is 1. The van der Waals surface area contributed by atoms with Gasteiger partial charge >= 0.3 is 23.3 Å². The van der Waals surface area contributed by atoms with Crippen LogP contribution in [0, 0.1) is 0 Å². The molecule has 1 atom stereocenters. The smallest absolute Gasteiger partial charge is 0.428 e. The SMILES string of the molecule is CC(=O)CC1SC(C(F)(F)F)(C(F)(F)F)OC1=O. The van der Waals surface area contributed by atoms with Crippen LogP contribution < -0.4 is 0 Å². The van der Waals surface area contributed by atoms with Crippen molar-refractivity contribution in [3.05, 3.63) is 0 Å². The van der Waals surface area contributed by atoms with Crippen molar-refractivity contribution >= 4 is 23.5 Å². The van der Waals surface area contributed by atoms with Gasteiger partial charge in [0.05, 0.1) is 0 Å². The van der Waals surface area contributed by atoms with Crippen LogP contribution in [0.1, 0.15) is 13.3 Å². The van der Waals surface area contributed by atoms with Gasteiger partial charge in [0.15, 0.2) is 0 Å². The van der Waals surface area contributed by atoms with Gasteiger partial charge in [-0.1, -0.05) is 11.8 Å². The summed E-state index contributed by atoms with van der Waals surface area (Å²) in [6, 6.07) is 0. The molecule has 0 aromatic carbocycles. The van der Waals surface area contributed by atoms with Crippen LogP contribution in [0.2, 0.25) is 0 Å². The molecule has 104 valence electrons. The molecule has 0 aromatic heterocycles. The third-order valence-electron chi connectivity index (χ3n) is 2.03. The summed E-state index contributed by atoms with van der Waals surface area (Å²) in [5, 5.41) is -1.80. The van der Waals surface area contributed by atoms with E-state index in [4.69, 9.17) is 0 Å². The van der Waals surface area contributed by atoms with Crippen LogP contribution in [-0.4, -0.2) is 34.3 Å². The number of ketones is 1. The average Bonchev–Trinajstić information content (AvgIpc) is 2.41. The highest BCUT2D eigenvalue weighted by Crippen LogP contribution is 2.58. The fraction of sp³-hybridized carbons (Fsp3) is 0.750. The number of alkyl halides is 6. The number of hydrogen-bond acceptors (Lipinski definition) is 4. The molecule has 0 aliphatic carbocycles. The first-order chi connectivity index (χ1) is 7.91. The summed E-state index contributed by atoms with van der Waals surface area (Å²) >= 11 is -0.734. The lowest BCUT2D eigenvalue weighted by molar-refractivity contribution is -0.327. The standard InChI is InChI=1S/C8H6F6O3S/c1-3(15)2-4-5(16)17-6(18-4,7(9,10)11)8(12,13)14/h4H,2H2,1H3. The molecular weight excluding hydrogens is 290 g/mol. The van der Waals surface area contributed by atoms with Crippen molar-refractivity contribution in [1.82, 2.24) is 0 Å². The molecule has 1 aliphatic heterocycles. The molecule has 18 heavy (non-hydrogen) atoms. The Labute approximate surface area is 101 Å². The Balaban J connectivity index is 3.12. The molecule has 3 nitrogen and oxygen atoms in total. The molecule has 0 N–H and O–H groups in total. The van der Waals surface area contributed by atoms with Crippen LogP contribution in [0.4, 0.5) is 26.3 Å². The topological polar surface area (TPSA) is 43.4 Å². The van der Waals surface area contributed by atoms with Crippen molar-refractivity contribution in [3.8, 4) is 0 Å². The van der Waals surface area contributed by atoms with Crippen molar-refractivity contribution in [2.45, 2.75) is 35.9 Å². The van der Waals surface area contributed by atoms with E-state index in [9.17, 15) is 35.9 Å². The van der Waals surface area contributed by atoms with Gasteiger partial charge in [0.2, 0.25) is 0 Å². The molecule has 1 saturated heterocycles. The van der Waals surface area contributed by atoms with E-state index in [1.165, 1.54) is 0 Å². The van der Waals surface area contributed by atoms with E-state index in [0.717, 1.165) is 6.92 Å². The molecule has 10 heteroatoms. The van der Waals surface area contributed by atoms with Gasteiger partial charge in [0, 0.05) is 6.42 Å². The predicted octanol–water partition coefficient (Wildman–Crippen LogP) is 2.45. The van der Waals surface area contributed by atoms with E-state index in [0.29, 0.717) is 0 Å². The normalized spacial score (nSPS) is 23.9. The Bertz CT molecular complexity index is 360. The average molecular weight is 296 g/mol. The number of ether oxygens (including phenoxy) is 1. The van der Waals surface area contributed by atoms with E-state index in [1.54, 1.807) is 0 Å². The first kappa shape index (κ1) is 15.1. The van der Waals surface area contributed by atoms with Gasteiger partial charge in [-0.3, -0.25) is 9.59 Å². The highest BCUT2D eigenvalue weighted by molar-refractivity contribution is 8.02. The van der Waals surface area contributed by atoms with Crippen molar-refractivity contribution in [2.75, 3.05) is 0 Å². The lowest BCUT2D eigenvalue weighted by Gasteiger charge is -2.30. The zero-order valence-electron chi connectivity index (χ0n) is 8.69. The highest BCUT2D eigenvalue weighted by atomic mass is 32.2. The zero-order valence-corrected chi connectivity index (χ0v) is 9.50. The highest BCUT2D eigenvalue weighted by Gasteiger charge is 2.78.